The molecule has 1 aromatic heterocycles. The third-order valence-corrected chi connectivity index (χ3v) is 5.14. The van der Waals surface area contributed by atoms with Crippen molar-refractivity contribution in [2.45, 2.75) is 44.1 Å². The minimum atomic E-state index is -1.78. The number of ether oxygens (including phenoxy) is 5. The first-order valence-electron chi connectivity index (χ1n) is 9.87. The van der Waals surface area contributed by atoms with E-state index in [0.717, 1.165) is 0 Å². The van der Waals surface area contributed by atoms with Crippen LogP contribution in [0.25, 0.3) is 0 Å². The number of benzene rings is 1. The van der Waals surface area contributed by atoms with Crippen LogP contribution in [0.4, 0.5) is 0 Å². The fourth-order valence-electron chi connectivity index (χ4n) is 3.77. The molecule has 9 heteroatoms. The molecule has 5 unspecified atom stereocenters. The Morgan fingerprint density at radius 2 is 1.81 bits per heavy atom. The van der Waals surface area contributed by atoms with Gasteiger partial charge in [0.05, 0.1) is 24.3 Å². The van der Waals surface area contributed by atoms with E-state index in [1.54, 1.807) is 42.6 Å². The Kier molecular flexibility index (Phi) is 6.01. The van der Waals surface area contributed by atoms with Crippen LogP contribution in [0.2, 0.25) is 0 Å². The average molecular weight is 429 g/mol. The summed E-state index contributed by atoms with van der Waals surface area (Å²) in [6.45, 7) is 3.02. The molecule has 9 nitrogen and oxygen atoms in total. The largest absolute Gasteiger partial charge is 0.453 e. The molecule has 0 bridgehead atoms. The number of aromatic nitrogens is 1. The van der Waals surface area contributed by atoms with Crippen LogP contribution < -0.4 is 4.74 Å². The molecule has 0 radical (unpaired) electrons. The highest BCUT2D eigenvalue weighted by Crippen LogP contribution is 2.37. The number of carbonyl (C=O) groups is 2. The standard InChI is InChI=1S/C22H23NO8/c1-13(24)29-16-8-4-3-7-15(16)22(2,26)31-18-12-28-19-17(11-27-20(18)19)30-21(25)14-6-5-9-23-10-14/h3-10,17-20,26H,11-12H2,1-2H3. The van der Waals surface area contributed by atoms with Gasteiger partial charge in [-0.3, -0.25) is 9.78 Å². The number of esters is 2. The smallest absolute Gasteiger partial charge is 0.340 e. The second kappa shape index (κ2) is 8.72. The van der Waals surface area contributed by atoms with Gasteiger partial charge in [-0.1, -0.05) is 12.1 Å². The molecule has 5 atom stereocenters. The molecule has 0 saturated carbocycles. The fraction of sp³-hybridized carbons (Fsp3) is 0.409. The number of carbonyl (C=O) groups excluding carboxylic acids is 2. The first kappa shape index (κ1) is 21.4. The topological polar surface area (TPSA) is 113 Å². The number of rotatable bonds is 6. The van der Waals surface area contributed by atoms with Gasteiger partial charge in [-0.25, -0.2) is 4.79 Å². The van der Waals surface area contributed by atoms with Crippen molar-refractivity contribution in [2.75, 3.05) is 13.2 Å². The minimum Gasteiger partial charge on any atom is -0.453 e. The highest BCUT2D eigenvalue weighted by Gasteiger charge is 2.52. The van der Waals surface area contributed by atoms with Crippen molar-refractivity contribution in [1.82, 2.24) is 4.98 Å². The van der Waals surface area contributed by atoms with Crippen molar-refractivity contribution in [3.8, 4) is 5.75 Å². The van der Waals surface area contributed by atoms with Crippen LogP contribution in [0, 0.1) is 0 Å². The van der Waals surface area contributed by atoms with Gasteiger partial charge in [0.15, 0.2) is 11.9 Å². The predicted octanol–water partition coefficient (Wildman–Crippen LogP) is 1.58. The summed E-state index contributed by atoms with van der Waals surface area (Å²) >= 11 is 0. The van der Waals surface area contributed by atoms with E-state index in [9.17, 15) is 14.7 Å². The van der Waals surface area contributed by atoms with Gasteiger partial charge in [0.25, 0.3) is 0 Å². The van der Waals surface area contributed by atoms with Crippen molar-refractivity contribution in [3.05, 3.63) is 59.9 Å². The molecule has 2 aliphatic heterocycles. The summed E-state index contributed by atoms with van der Waals surface area (Å²) in [6.07, 6.45) is 0.717. The Labute approximate surface area is 178 Å². The molecule has 0 aliphatic carbocycles. The molecule has 2 saturated heterocycles. The zero-order chi connectivity index (χ0) is 22.0. The molecule has 2 aromatic rings. The molecule has 1 N–H and O–H groups in total. The van der Waals surface area contributed by atoms with Gasteiger partial charge in [0, 0.05) is 19.3 Å². The van der Waals surface area contributed by atoms with Crippen molar-refractivity contribution >= 4 is 11.9 Å². The monoisotopic (exact) mass is 429 g/mol. The van der Waals surface area contributed by atoms with Gasteiger partial charge in [0.1, 0.15) is 24.1 Å². The van der Waals surface area contributed by atoms with Crippen LogP contribution in [0.1, 0.15) is 29.8 Å². The van der Waals surface area contributed by atoms with Crippen LogP contribution in [0.15, 0.2) is 48.8 Å². The number of pyridine rings is 1. The van der Waals surface area contributed by atoms with E-state index in [2.05, 4.69) is 4.98 Å². The Morgan fingerprint density at radius 3 is 2.52 bits per heavy atom. The molecular formula is C22H23NO8. The lowest BCUT2D eigenvalue weighted by atomic mass is 10.0. The molecular weight excluding hydrogens is 406 g/mol. The van der Waals surface area contributed by atoms with Gasteiger partial charge in [0.2, 0.25) is 0 Å². The molecule has 4 rings (SSSR count). The van der Waals surface area contributed by atoms with E-state index >= 15 is 0 Å². The number of hydrogen-bond acceptors (Lipinski definition) is 9. The summed E-state index contributed by atoms with van der Waals surface area (Å²) in [5, 5.41) is 11.0. The van der Waals surface area contributed by atoms with Gasteiger partial charge in [-0.15, -0.1) is 0 Å². The van der Waals surface area contributed by atoms with Gasteiger partial charge >= 0.3 is 11.9 Å². The van der Waals surface area contributed by atoms with E-state index in [1.807, 2.05) is 0 Å². The summed E-state index contributed by atoms with van der Waals surface area (Å²) in [4.78, 5) is 27.6. The highest BCUT2D eigenvalue weighted by molar-refractivity contribution is 5.89. The maximum atomic E-state index is 12.3. The zero-order valence-electron chi connectivity index (χ0n) is 17.1. The fourth-order valence-corrected chi connectivity index (χ4v) is 3.77. The van der Waals surface area contributed by atoms with E-state index in [4.69, 9.17) is 23.7 Å². The second-order valence-electron chi connectivity index (χ2n) is 7.51. The third-order valence-electron chi connectivity index (χ3n) is 5.14. The number of aliphatic hydroxyl groups is 1. The first-order chi connectivity index (χ1) is 14.8. The van der Waals surface area contributed by atoms with Crippen LogP contribution in [0.3, 0.4) is 0 Å². The van der Waals surface area contributed by atoms with E-state index in [-0.39, 0.29) is 19.0 Å². The van der Waals surface area contributed by atoms with Gasteiger partial charge in [-0.2, -0.15) is 0 Å². The van der Waals surface area contributed by atoms with Crippen LogP contribution in [-0.2, 0) is 29.5 Å². The lowest BCUT2D eigenvalue weighted by Gasteiger charge is -2.30. The first-order valence-corrected chi connectivity index (χ1v) is 9.87. The Bertz CT molecular complexity index is 948. The van der Waals surface area contributed by atoms with Gasteiger partial charge < -0.3 is 28.8 Å². The number of fused-ring (bicyclic) bond motifs is 1. The third kappa shape index (κ3) is 4.59. The minimum absolute atomic E-state index is 0.141. The lowest BCUT2D eigenvalue weighted by Crippen LogP contribution is -2.40. The molecule has 2 fully saturated rings. The Hall–Kier alpha value is -2.85. The highest BCUT2D eigenvalue weighted by atomic mass is 16.7. The zero-order valence-corrected chi connectivity index (χ0v) is 17.1. The van der Waals surface area contributed by atoms with Crippen molar-refractivity contribution in [1.29, 1.82) is 0 Å². The number of hydrogen-bond donors (Lipinski definition) is 1. The van der Waals surface area contributed by atoms with Gasteiger partial charge in [-0.05, 0) is 31.2 Å². The summed E-state index contributed by atoms with van der Waals surface area (Å²) in [5.74, 6) is -2.60. The lowest BCUT2D eigenvalue weighted by molar-refractivity contribution is -0.240. The van der Waals surface area contributed by atoms with Crippen molar-refractivity contribution in [3.63, 3.8) is 0 Å². The summed E-state index contributed by atoms with van der Waals surface area (Å²) in [7, 11) is 0. The SMILES string of the molecule is CC(=O)Oc1ccccc1C(C)(O)OC1COC2C(OC(=O)c3cccnc3)COC12. The van der Waals surface area contributed by atoms with E-state index < -0.39 is 42.1 Å². The van der Waals surface area contributed by atoms with Crippen molar-refractivity contribution < 1.29 is 38.4 Å². The maximum Gasteiger partial charge on any atom is 0.340 e. The summed E-state index contributed by atoms with van der Waals surface area (Å²) in [5.41, 5.74) is 0.632. The van der Waals surface area contributed by atoms with E-state index in [1.165, 1.54) is 20.0 Å². The predicted molar refractivity (Wildman–Crippen MR) is 105 cm³/mol. The quantitative estimate of drug-likeness (QED) is 0.415. The van der Waals surface area contributed by atoms with E-state index in [0.29, 0.717) is 11.1 Å². The van der Waals surface area contributed by atoms with Crippen LogP contribution >= 0.6 is 0 Å². The molecule has 31 heavy (non-hydrogen) atoms. The number of nitrogens with zero attached hydrogens (tertiary/aromatic N) is 1. The second-order valence-corrected chi connectivity index (χ2v) is 7.51. The molecule has 164 valence electrons. The van der Waals surface area contributed by atoms with Crippen LogP contribution in [0.5, 0.6) is 5.75 Å². The molecule has 0 amide bonds. The average Bonchev–Trinajstić information content (AvgIpc) is 3.32. The summed E-state index contributed by atoms with van der Waals surface area (Å²) < 4.78 is 28.2. The Morgan fingerprint density at radius 1 is 1.10 bits per heavy atom. The molecule has 0 spiro atoms. The number of para-hydroxylation sites is 1. The Balaban J connectivity index is 1.43. The molecule has 2 aliphatic rings. The normalized spacial score (nSPS) is 26.7. The van der Waals surface area contributed by atoms with Crippen molar-refractivity contribution in [2.24, 2.45) is 0 Å². The molecule has 3 heterocycles. The van der Waals surface area contributed by atoms with Crippen LogP contribution in [-0.4, -0.2) is 59.7 Å². The summed E-state index contributed by atoms with van der Waals surface area (Å²) in [6, 6.07) is 9.84. The molecule has 1 aromatic carbocycles. The maximum absolute atomic E-state index is 12.3.